The van der Waals surface area contributed by atoms with Gasteiger partial charge in [-0.15, -0.1) is 0 Å². The zero-order valence-electron chi connectivity index (χ0n) is 9.57. The van der Waals surface area contributed by atoms with Gasteiger partial charge in [-0.2, -0.15) is 0 Å². The molecule has 100 valence electrons. The summed E-state index contributed by atoms with van der Waals surface area (Å²) in [6.45, 7) is 0. The second-order valence-electron chi connectivity index (χ2n) is 4.45. The Balaban J connectivity index is 2.32. The highest BCUT2D eigenvalue weighted by atomic mass is 79.9. The third-order valence-electron chi connectivity index (χ3n) is 3.24. The maximum atomic E-state index is 14.0. The van der Waals surface area contributed by atoms with Gasteiger partial charge in [0.25, 0.3) is 0 Å². The van der Waals surface area contributed by atoms with Gasteiger partial charge in [0.05, 0.1) is 22.0 Å². The molecular formula is C11H14BrFN2O2S. The fraction of sp³-hybridized carbons (Fsp3) is 0.455. The number of hydrazine groups is 1. The lowest BCUT2D eigenvalue weighted by atomic mass is 9.93. The molecule has 1 aromatic carbocycles. The second-order valence-corrected chi connectivity index (χ2v) is 7.53. The predicted octanol–water partition coefficient (Wildman–Crippen LogP) is 1.53. The van der Waals surface area contributed by atoms with Crippen LogP contribution in [-0.4, -0.2) is 19.9 Å². The third kappa shape index (κ3) is 2.74. The van der Waals surface area contributed by atoms with Crippen LogP contribution < -0.4 is 11.3 Å². The molecule has 18 heavy (non-hydrogen) atoms. The van der Waals surface area contributed by atoms with Crippen LogP contribution >= 0.6 is 15.9 Å². The zero-order valence-corrected chi connectivity index (χ0v) is 12.0. The van der Waals surface area contributed by atoms with Crippen LogP contribution in [0.15, 0.2) is 22.7 Å². The van der Waals surface area contributed by atoms with E-state index in [1.165, 1.54) is 0 Å². The van der Waals surface area contributed by atoms with Crippen LogP contribution in [0.3, 0.4) is 0 Å². The molecule has 1 aliphatic heterocycles. The van der Waals surface area contributed by atoms with Crippen LogP contribution in [0.25, 0.3) is 0 Å². The van der Waals surface area contributed by atoms with E-state index >= 15 is 0 Å². The first kappa shape index (κ1) is 13.9. The van der Waals surface area contributed by atoms with Crippen molar-refractivity contribution >= 4 is 25.8 Å². The number of benzene rings is 1. The van der Waals surface area contributed by atoms with Crippen molar-refractivity contribution in [3.63, 3.8) is 0 Å². The summed E-state index contributed by atoms with van der Waals surface area (Å²) in [5.74, 6) is 5.07. The van der Waals surface area contributed by atoms with Gasteiger partial charge < -0.3 is 0 Å². The largest absolute Gasteiger partial charge is 0.271 e. The van der Waals surface area contributed by atoms with Crippen LogP contribution in [-0.2, 0) is 9.84 Å². The van der Waals surface area contributed by atoms with E-state index in [0.717, 1.165) is 0 Å². The van der Waals surface area contributed by atoms with Crippen LogP contribution in [0.5, 0.6) is 0 Å². The minimum Gasteiger partial charge on any atom is -0.271 e. The van der Waals surface area contributed by atoms with Crippen LogP contribution in [0.1, 0.15) is 18.0 Å². The summed E-state index contributed by atoms with van der Waals surface area (Å²) >= 11 is 3.11. The van der Waals surface area contributed by atoms with E-state index in [2.05, 4.69) is 21.4 Å². The third-order valence-corrected chi connectivity index (χ3v) is 5.64. The molecule has 2 atom stereocenters. The van der Waals surface area contributed by atoms with Gasteiger partial charge in [-0.25, -0.2) is 12.8 Å². The van der Waals surface area contributed by atoms with E-state index in [1.54, 1.807) is 18.2 Å². The molecule has 1 fully saturated rings. The summed E-state index contributed by atoms with van der Waals surface area (Å²) in [4.78, 5) is 0. The van der Waals surface area contributed by atoms with Crippen LogP contribution in [0, 0.1) is 11.7 Å². The maximum absolute atomic E-state index is 14.0. The van der Waals surface area contributed by atoms with Crippen molar-refractivity contribution in [2.75, 3.05) is 11.5 Å². The fourth-order valence-corrected chi connectivity index (χ4v) is 4.55. The molecule has 0 spiro atoms. The molecule has 3 N–H and O–H groups in total. The number of rotatable bonds is 3. The van der Waals surface area contributed by atoms with Crippen molar-refractivity contribution in [2.24, 2.45) is 11.8 Å². The molecule has 0 aliphatic carbocycles. The first-order chi connectivity index (χ1) is 8.44. The highest BCUT2D eigenvalue weighted by Crippen LogP contribution is 2.33. The van der Waals surface area contributed by atoms with E-state index in [9.17, 15) is 12.8 Å². The maximum Gasteiger partial charge on any atom is 0.150 e. The molecule has 1 aromatic rings. The molecule has 0 amide bonds. The topological polar surface area (TPSA) is 72.2 Å². The van der Waals surface area contributed by atoms with Gasteiger partial charge in [-0.05, 0) is 34.3 Å². The lowest BCUT2D eigenvalue weighted by Crippen LogP contribution is -2.34. The Bertz CT molecular complexity index is 550. The van der Waals surface area contributed by atoms with Crippen molar-refractivity contribution in [1.82, 2.24) is 5.43 Å². The van der Waals surface area contributed by atoms with Gasteiger partial charge in [0.1, 0.15) is 5.82 Å². The minimum atomic E-state index is -3.01. The molecule has 0 saturated carbocycles. The van der Waals surface area contributed by atoms with E-state index in [1.807, 2.05) is 0 Å². The summed E-state index contributed by atoms with van der Waals surface area (Å²) in [7, 11) is -3.01. The number of nitrogens with one attached hydrogen (secondary N) is 1. The SMILES string of the molecule is NNC(c1cccc(Br)c1F)C1CCS(=O)(=O)C1. The van der Waals surface area contributed by atoms with Gasteiger partial charge in [0, 0.05) is 5.56 Å². The molecule has 1 saturated heterocycles. The average Bonchev–Trinajstić information content (AvgIpc) is 2.66. The number of nitrogens with two attached hydrogens (primary N) is 1. The molecule has 2 rings (SSSR count). The molecule has 7 heteroatoms. The molecule has 0 radical (unpaired) electrons. The van der Waals surface area contributed by atoms with E-state index in [0.29, 0.717) is 16.5 Å². The number of hydrogen-bond acceptors (Lipinski definition) is 4. The molecule has 0 bridgehead atoms. The highest BCUT2D eigenvalue weighted by Gasteiger charge is 2.35. The normalized spacial score (nSPS) is 24.1. The Morgan fingerprint density at radius 1 is 1.50 bits per heavy atom. The lowest BCUT2D eigenvalue weighted by molar-refractivity contribution is 0.385. The second kappa shape index (κ2) is 5.24. The summed E-state index contributed by atoms with van der Waals surface area (Å²) in [5, 5.41) is 0. The summed E-state index contributed by atoms with van der Waals surface area (Å²) < 4.78 is 37.3. The zero-order chi connectivity index (χ0) is 13.3. The fourth-order valence-electron chi connectivity index (χ4n) is 2.33. The smallest absolute Gasteiger partial charge is 0.150 e. The van der Waals surface area contributed by atoms with E-state index < -0.39 is 21.7 Å². The van der Waals surface area contributed by atoms with Crippen molar-refractivity contribution in [3.8, 4) is 0 Å². The van der Waals surface area contributed by atoms with Gasteiger partial charge >= 0.3 is 0 Å². The van der Waals surface area contributed by atoms with Gasteiger partial charge in [0.15, 0.2) is 9.84 Å². The molecular weight excluding hydrogens is 323 g/mol. The molecule has 2 unspecified atom stereocenters. The first-order valence-electron chi connectivity index (χ1n) is 5.55. The number of sulfone groups is 1. The van der Waals surface area contributed by atoms with Gasteiger partial charge in [0.2, 0.25) is 0 Å². The van der Waals surface area contributed by atoms with E-state index in [-0.39, 0.29) is 17.4 Å². The number of hydrogen-bond donors (Lipinski definition) is 2. The van der Waals surface area contributed by atoms with Crippen molar-refractivity contribution in [1.29, 1.82) is 0 Å². The predicted molar refractivity (Wildman–Crippen MR) is 70.9 cm³/mol. The Morgan fingerprint density at radius 3 is 2.78 bits per heavy atom. The summed E-state index contributed by atoms with van der Waals surface area (Å²) in [5.41, 5.74) is 2.94. The van der Waals surface area contributed by atoms with Crippen molar-refractivity contribution in [2.45, 2.75) is 12.5 Å². The molecule has 1 aliphatic rings. The standard InChI is InChI=1S/C11H14BrFN2O2S/c12-9-3-1-2-8(10(9)13)11(15-14)7-4-5-18(16,17)6-7/h1-3,7,11,15H,4-6,14H2. The van der Waals surface area contributed by atoms with Crippen LogP contribution in [0.4, 0.5) is 4.39 Å². The Morgan fingerprint density at radius 2 is 2.22 bits per heavy atom. The summed E-state index contributed by atoms with van der Waals surface area (Å²) in [6, 6.07) is 4.43. The Hall–Kier alpha value is -0.500. The molecule has 0 aromatic heterocycles. The average molecular weight is 337 g/mol. The lowest BCUT2D eigenvalue weighted by Gasteiger charge is -2.22. The summed E-state index contributed by atoms with van der Waals surface area (Å²) in [6.07, 6.45) is 0.503. The van der Waals surface area contributed by atoms with E-state index in [4.69, 9.17) is 5.84 Å². The quantitative estimate of drug-likeness (QED) is 0.648. The van der Waals surface area contributed by atoms with Gasteiger partial charge in [-0.1, -0.05) is 12.1 Å². The first-order valence-corrected chi connectivity index (χ1v) is 8.16. The monoisotopic (exact) mass is 336 g/mol. The molecule has 4 nitrogen and oxygen atoms in total. The van der Waals surface area contributed by atoms with Crippen LogP contribution in [0.2, 0.25) is 0 Å². The van der Waals surface area contributed by atoms with Crippen molar-refractivity contribution in [3.05, 3.63) is 34.1 Å². The number of halogens is 2. The van der Waals surface area contributed by atoms with Gasteiger partial charge in [-0.3, -0.25) is 11.3 Å². The highest BCUT2D eigenvalue weighted by molar-refractivity contribution is 9.10. The Labute approximate surface area is 114 Å². The van der Waals surface area contributed by atoms with Crippen molar-refractivity contribution < 1.29 is 12.8 Å². The Kier molecular flexibility index (Phi) is 4.05. The molecule has 1 heterocycles. The minimum absolute atomic E-state index is 0.0494.